The van der Waals surface area contributed by atoms with Crippen LogP contribution in [0.25, 0.3) is 6.08 Å². The Balaban J connectivity index is 2.92. The van der Waals surface area contributed by atoms with Gasteiger partial charge in [0.1, 0.15) is 12.4 Å². The maximum atomic E-state index is 10.5. The minimum atomic E-state index is -0.987. The third kappa shape index (κ3) is 4.63. The second kappa shape index (κ2) is 6.87. The van der Waals surface area contributed by atoms with Crippen LogP contribution in [-0.2, 0) is 4.79 Å². The van der Waals surface area contributed by atoms with Gasteiger partial charge < -0.3 is 9.84 Å². The van der Waals surface area contributed by atoms with Gasteiger partial charge in [0.2, 0.25) is 0 Å². The van der Waals surface area contributed by atoms with Crippen molar-refractivity contribution in [3.8, 4) is 5.75 Å². The first kappa shape index (κ1) is 14.3. The van der Waals surface area contributed by atoms with Gasteiger partial charge in [0, 0.05) is 17.2 Å². The van der Waals surface area contributed by atoms with E-state index in [1.165, 1.54) is 11.6 Å². The maximum Gasteiger partial charge on any atom is 0.328 e. The highest BCUT2D eigenvalue weighted by atomic mass is 35.5. The zero-order valence-electron chi connectivity index (χ0n) is 10.3. The van der Waals surface area contributed by atoms with Gasteiger partial charge >= 0.3 is 5.97 Å². The summed E-state index contributed by atoms with van der Waals surface area (Å²) in [7, 11) is 0. The fourth-order valence-electron chi connectivity index (χ4n) is 1.31. The van der Waals surface area contributed by atoms with Gasteiger partial charge in [0.05, 0.1) is 0 Å². The number of ether oxygens (including phenoxy) is 1. The molecule has 0 aliphatic heterocycles. The van der Waals surface area contributed by atoms with E-state index in [-0.39, 0.29) is 0 Å². The van der Waals surface area contributed by atoms with Crippen LogP contribution >= 0.6 is 11.6 Å². The predicted octanol–water partition coefficient (Wildman–Crippen LogP) is 3.61. The van der Waals surface area contributed by atoms with Gasteiger partial charge in [-0.3, -0.25) is 0 Å². The molecule has 3 nitrogen and oxygen atoms in total. The Morgan fingerprint density at radius 1 is 1.50 bits per heavy atom. The van der Waals surface area contributed by atoms with Crippen LogP contribution in [-0.4, -0.2) is 17.7 Å². The molecule has 18 heavy (non-hydrogen) atoms. The molecule has 0 spiro atoms. The molecular formula is C14H15ClO3. The van der Waals surface area contributed by atoms with Crippen molar-refractivity contribution in [1.82, 2.24) is 0 Å². The van der Waals surface area contributed by atoms with Crippen LogP contribution in [0.2, 0.25) is 0 Å². The topological polar surface area (TPSA) is 46.5 Å². The molecule has 1 aromatic carbocycles. The molecule has 0 aromatic heterocycles. The lowest BCUT2D eigenvalue weighted by Gasteiger charge is -2.10. The minimum absolute atomic E-state index is 0.375. The summed E-state index contributed by atoms with van der Waals surface area (Å²) in [5, 5.41) is 8.64. The predicted molar refractivity (Wildman–Crippen MR) is 73.0 cm³/mol. The second-order valence-corrected chi connectivity index (χ2v) is 4.18. The third-order valence-electron chi connectivity index (χ3n) is 2.21. The van der Waals surface area contributed by atoms with Crippen molar-refractivity contribution in [3.05, 3.63) is 46.5 Å². The zero-order chi connectivity index (χ0) is 13.5. The lowest BCUT2D eigenvalue weighted by molar-refractivity contribution is -0.131. The SMILES string of the molecule is C/C(=C/Cl)COc1ccc(C)cc1/C=C/C(=O)O. The van der Waals surface area contributed by atoms with Crippen LogP contribution in [0.4, 0.5) is 0 Å². The first-order valence-corrected chi connectivity index (χ1v) is 5.87. The zero-order valence-corrected chi connectivity index (χ0v) is 11.1. The van der Waals surface area contributed by atoms with Crippen molar-refractivity contribution >= 4 is 23.6 Å². The summed E-state index contributed by atoms with van der Waals surface area (Å²) in [4.78, 5) is 10.5. The summed E-state index contributed by atoms with van der Waals surface area (Å²) in [6.45, 7) is 4.17. The van der Waals surface area contributed by atoms with Crippen molar-refractivity contribution < 1.29 is 14.6 Å². The summed E-state index contributed by atoms with van der Waals surface area (Å²) in [6.07, 6.45) is 2.61. The highest BCUT2D eigenvalue weighted by Gasteiger charge is 2.02. The minimum Gasteiger partial charge on any atom is -0.489 e. The molecule has 96 valence electrons. The van der Waals surface area contributed by atoms with Gasteiger partial charge in [-0.15, -0.1) is 0 Å². The summed E-state index contributed by atoms with van der Waals surface area (Å²) in [6, 6.07) is 5.60. The van der Waals surface area contributed by atoms with Crippen molar-refractivity contribution in [3.63, 3.8) is 0 Å². The molecule has 0 heterocycles. The molecule has 0 unspecified atom stereocenters. The first-order chi connectivity index (χ1) is 8.52. The molecule has 0 fully saturated rings. The number of rotatable bonds is 5. The summed E-state index contributed by atoms with van der Waals surface area (Å²) in [5.74, 6) is -0.352. The van der Waals surface area contributed by atoms with Crippen LogP contribution in [0.15, 0.2) is 35.4 Å². The standard InChI is InChI=1S/C14H15ClO3/c1-10-3-5-13(18-9-11(2)8-15)12(7-10)4-6-14(16)17/h3-8H,9H2,1-2H3,(H,16,17)/b6-4+,11-8-. The number of hydrogen-bond donors (Lipinski definition) is 1. The van der Waals surface area contributed by atoms with Crippen LogP contribution in [0.5, 0.6) is 5.75 Å². The first-order valence-electron chi connectivity index (χ1n) is 5.43. The molecule has 0 bridgehead atoms. The number of benzene rings is 1. The molecular weight excluding hydrogens is 252 g/mol. The lowest BCUT2D eigenvalue weighted by Crippen LogP contribution is -2.00. The Kier molecular flexibility index (Phi) is 5.46. The third-order valence-corrected chi connectivity index (χ3v) is 2.58. The number of halogens is 1. The van der Waals surface area contributed by atoms with E-state index in [0.29, 0.717) is 12.4 Å². The Morgan fingerprint density at radius 3 is 2.83 bits per heavy atom. The largest absolute Gasteiger partial charge is 0.489 e. The van der Waals surface area contributed by atoms with Gasteiger partial charge in [-0.25, -0.2) is 4.79 Å². The average molecular weight is 267 g/mol. The fourth-order valence-corrected chi connectivity index (χ4v) is 1.38. The van der Waals surface area contributed by atoms with E-state index in [1.807, 2.05) is 32.0 Å². The molecule has 0 saturated carbocycles. The maximum absolute atomic E-state index is 10.5. The molecule has 1 rings (SSSR count). The molecule has 0 saturated heterocycles. The molecule has 4 heteroatoms. The Labute approximate surface area is 111 Å². The Bertz CT molecular complexity index is 490. The summed E-state index contributed by atoms with van der Waals surface area (Å²) in [5.41, 5.74) is 4.13. The highest BCUT2D eigenvalue weighted by molar-refractivity contribution is 6.25. The monoisotopic (exact) mass is 266 g/mol. The van der Waals surface area contributed by atoms with Crippen molar-refractivity contribution in [2.45, 2.75) is 13.8 Å². The number of carboxylic acids is 1. The van der Waals surface area contributed by atoms with Crippen LogP contribution in [0.3, 0.4) is 0 Å². The van der Waals surface area contributed by atoms with Crippen LogP contribution in [0.1, 0.15) is 18.1 Å². The average Bonchev–Trinajstić information content (AvgIpc) is 2.34. The highest BCUT2D eigenvalue weighted by Crippen LogP contribution is 2.22. The van der Waals surface area contributed by atoms with E-state index in [4.69, 9.17) is 21.4 Å². The number of aliphatic carboxylic acids is 1. The number of aryl methyl sites for hydroxylation is 1. The smallest absolute Gasteiger partial charge is 0.328 e. The normalized spacial score (nSPS) is 11.8. The molecule has 0 radical (unpaired) electrons. The molecule has 0 aliphatic carbocycles. The quantitative estimate of drug-likeness (QED) is 0.828. The summed E-state index contributed by atoms with van der Waals surface area (Å²) < 4.78 is 5.58. The second-order valence-electron chi connectivity index (χ2n) is 3.96. The number of carbonyl (C=O) groups is 1. The molecule has 1 aromatic rings. The Morgan fingerprint density at radius 2 is 2.22 bits per heavy atom. The van der Waals surface area contributed by atoms with E-state index in [0.717, 1.165) is 22.8 Å². The van der Waals surface area contributed by atoms with Gasteiger partial charge in [-0.1, -0.05) is 23.2 Å². The molecule has 0 atom stereocenters. The van der Waals surface area contributed by atoms with Gasteiger partial charge in [0.15, 0.2) is 0 Å². The lowest BCUT2D eigenvalue weighted by atomic mass is 10.1. The molecule has 0 aliphatic rings. The molecule has 0 amide bonds. The number of carboxylic acid groups (broad SMARTS) is 1. The van der Waals surface area contributed by atoms with Crippen molar-refractivity contribution in [2.24, 2.45) is 0 Å². The molecule has 1 N–H and O–H groups in total. The number of hydrogen-bond acceptors (Lipinski definition) is 2. The van der Waals surface area contributed by atoms with E-state index in [2.05, 4.69) is 0 Å². The van der Waals surface area contributed by atoms with E-state index < -0.39 is 5.97 Å². The van der Waals surface area contributed by atoms with Crippen LogP contribution < -0.4 is 4.74 Å². The van der Waals surface area contributed by atoms with Gasteiger partial charge in [-0.05, 0) is 37.6 Å². The Hall–Kier alpha value is -1.74. The van der Waals surface area contributed by atoms with Gasteiger partial charge in [0.25, 0.3) is 0 Å². The van der Waals surface area contributed by atoms with Crippen molar-refractivity contribution in [2.75, 3.05) is 6.61 Å². The van der Waals surface area contributed by atoms with E-state index >= 15 is 0 Å². The van der Waals surface area contributed by atoms with Crippen LogP contribution in [0, 0.1) is 6.92 Å². The van der Waals surface area contributed by atoms with Gasteiger partial charge in [-0.2, -0.15) is 0 Å². The van der Waals surface area contributed by atoms with E-state index in [1.54, 1.807) is 0 Å². The fraction of sp³-hybridized carbons (Fsp3) is 0.214. The van der Waals surface area contributed by atoms with E-state index in [9.17, 15) is 4.79 Å². The summed E-state index contributed by atoms with van der Waals surface area (Å²) >= 11 is 5.55. The van der Waals surface area contributed by atoms with Crippen molar-refractivity contribution in [1.29, 1.82) is 0 Å².